The number of aromatic nitrogens is 1. The van der Waals surface area contributed by atoms with E-state index in [2.05, 4.69) is 35.3 Å². The Bertz CT molecular complexity index is 428. The fraction of sp³-hybridized carbons (Fsp3) is 0.100. The van der Waals surface area contributed by atoms with Gasteiger partial charge in [0, 0.05) is 0 Å². The van der Waals surface area contributed by atoms with Crippen LogP contribution >= 0.6 is 12.4 Å². The van der Waals surface area contributed by atoms with E-state index in [4.69, 9.17) is 0 Å². The molecule has 0 saturated heterocycles. The zero-order valence-corrected chi connectivity index (χ0v) is 10.6. The molecule has 0 aliphatic carbocycles. The normalized spacial score (nSPS) is 9.62. The maximum absolute atomic E-state index is 4.49. The van der Waals surface area contributed by atoms with E-state index in [1.807, 2.05) is 6.92 Å². The standard InChI is InChI=1S/C10H8N.ClH.Ga/c1-8-6-7-9-4-2-3-5-10(9)11-8;;/h2-4,6-7H,1H3;1H;. The number of hydrogen-bond acceptors (Lipinski definition) is 1. The van der Waals surface area contributed by atoms with Crippen LogP contribution in [-0.2, 0) is 0 Å². The summed E-state index contributed by atoms with van der Waals surface area (Å²) in [5.41, 5.74) is 2.24. The van der Waals surface area contributed by atoms with Crippen molar-refractivity contribution in [2.24, 2.45) is 0 Å². The summed E-state index contributed by atoms with van der Waals surface area (Å²) in [6.45, 7) is 2.03. The Morgan fingerprint density at radius 2 is 1.92 bits per heavy atom. The quantitative estimate of drug-likeness (QED) is 0.647. The zero-order valence-electron chi connectivity index (χ0n) is 7.32. The summed E-state index contributed by atoms with van der Waals surface area (Å²) >= 11 is 1.63. The van der Waals surface area contributed by atoms with Crippen LogP contribution in [0.4, 0.5) is 0 Å². The van der Waals surface area contributed by atoms with Crippen LogP contribution in [0.3, 0.4) is 0 Å². The maximum Gasteiger partial charge on any atom is -0.147 e. The second kappa shape index (κ2) is 4.18. The number of hydrogen-bond donors (Lipinski definition) is 0. The fourth-order valence-electron chi connectivity index (χ4n) is 1.27. The minimum Gasteiger partial charge on any atom is -0.147 e. The number of halogens is 1. The van der Waals surface area contributed by atoms with Crippen molar-refractivity contribution in [2.45, 2.75) is 6.92 Å². The molecule has 0 N–H and O–H groups in total. The van der Waals surface area contributed by atoms with E-state index in [1.165, 1.54) is 9.50 Å². The molecule has 1 aromatic carbocycles. The van der Waals surface area contributed by atoms with Crippen LogP contribution < -0.4 is 4.12 Å². The Kier molecular flexibility index (Phi) is 3.42. The molecule has 3 heteroatoms. The molecule has 0 unspecified atom stereocenters. The number of rotatable bonds is 0. The van der Waals surface area contributed by atoms with E-state index in [0.29, 0.717) is 0 Å². The summed E-state index contributed by atoms with van der Waals surface area (Å²) in [7, 11) is 0. The average Bonchev–Trinajstić information content (AvgIpc) is 2.07. The van der Waals surface area contributed by atoms with Crippen molar-refractivity contribution in [3.8, 4) is 0 Å². The van der Waals surface area contributed by atoms with Gasteiger partial charge in [0.25, 0.3) is 0 Å². The van der Waals surface area contributed by atoms with Gasteiger partial charge < -0.3 is 0 Å². The molecule has 0 aliphatic heterocycles. The molecule has 1 heterocycles. The second-order valence-electron chi connectivity index (χ2n) is 2.87. The molecule has 13 heavy (non-hydrogen) atoms. The number of benzene rings is 1. The molecule has 0 amide bonds. The van der Waals surface area contributed by atoms with Crippen molar-refractivity contribution in [2.75, 3.05) is 0 Å². The topological polar surface area (TPSA) is 12.9 Å². The molecule has 0 aliphatic rings. The molecule has 0 fully saturated rings. The molecule has 2 radical (unpaired) electrons. The third kappa shape index (κ3) is 2.07. The van der Waals surface area contributed by atoms with Crippen molar-refractivity contribution in [3.63, 3.8) is 0 Å². The largest absolute Gasteiger partial charge is 0.147 e. The van der Waals surface area contributed by atoms with Gasteiger partial charge in [0.2, 0.25) is 0 Å². The number of pyridine rings is 1. The van der Waals surface area contributed by atoms with E-state index < -0.39 is 0 Å². The molecule has 2 aromatic rings. The second-order valence-corrected chi connectivity index (χ2v) is 4.18. The first kappa shape index (κ1) is 10.6. The Labute approximate surface area is 93.9 Å². The Morgan fingerprint density at radius 3 is 2.69 bits per heavy atom. The van der Waals surface area contributed by atoms with Crippen molar-refractivity contribution < 1.29 is 0 Å². The van der Waals surface area contributed by atoms with E-state index >= 15 is 0 Å². The van der Waals surface area contributed by atoms with Gasteiger partial charge >= 0.3 is 81.6 Å². The SMILES string of the molecule is Cc1ccc2ccc[c]([Ga])c2n1.Cl. The summed E-state index contributed by atoms with van der Waals surface area (Å²) in [4.78, 5) is 4.49. The van der Waals surface area contributed by atoms with Gasteiger partial charge in [-0.25, -0.2) is 0 Å². The smallest absolute Gasteiger partial charge is 0.147 e. The summed E-state index contributed by atoms with van der Waals surface area (Å²) in [6, 6.07) is 10.5. The molecular formula is C10H9ClGaN. The van der Waals surface area contributed by atoms with Gasteiger partial charge in [-0.3, -0.25) is 0 Å². The van der Waals surface area contributed by atoms with E-state index in [-0.39, 0.29) is 12.4 Å². The van der Waals surface area contributed by atoms with E-state index in [9.17, 15) is 0 Å². The Balaban J connectivity index is 0.000000845. The third-order valence-corrected chi connectivity index (χ3v) is 2.87. The van der Waals surface area contributed by atoms with Crippen LogP contribution in [-0.4, -0.2) is 23.6 Å². The molecule has 0 bridgehead atoms. The average molecular weight is 248 g/mol. The predicted octanol–water partition coefficient (Wildman–Crippen LogP) is 1.76. The Hall–Kier alpha value is -0.444. The summed E-state index contributed by atoms with van der Waals surface area (Å²) < 4.78 is 1.31. The zero-order chi connectivity index (χ0) is 8.55. The fourth-order valence-corrected chi connectivity index (χ4v) is 1.99. The van der Waals surface area contributed by atoms with Gasteiger partial charge in [-0.05, 0) is 0 Å². The van der Waals surface area contributed by atoms with E-state index in [1.54, 1.807) is 18.6 Å². The van der Waals surface area contributed by atoms with Crippen LogP contribution in [0.15, 0.2) is 30.3 Å². The van der Waals surface area contributed by atoms with Gasteiger partial charge in [0.15, 0.2) is 0 Å². The van der Waals surface area contributed by atoms with E-state index in [0.717, 1.165) is 11.2 Å². The number of para-hydroxylation sites is 1. The molecule has 0 spiro atoms. The van der Waals surface area contributed by atoms with Gasteiger partial charge in [-0.2, -0.15) is 0 Å². The van der Waals surface area contributed by atoms with Crippen LogP contribution in [0.5, 0.6) is 0 Å². The minimum atomic E-state index is 0. The first-order valence-corrected chi connectivity index (χ1v) is 5.10. The van der Waals surface area contributed by atoms with Crippen LogP contribution in [0.25, 0.3) is 10.9 Å². The monoisotopic (exact) mass is 247 g/mol. The Morgan fingerprint density at radius 1 is 1.15 bits per heavy atom. The molecule has 1 aromatic heterocycles. The first-order valence-electron chi connectivity index (χ1n) is 3.89. The summed E-state index contributed by atoms with van der Waals surface area (Å²) in [6.07, 6.45) is 0. The molecule has 64 valence electrons. The number of nitrogens with zero attached hydrogens (tertiary/aromatic N) is 1. The van der Waals surface area contributed by atoms with Crippen LogP contribution in [0.1, 0.15) is 5.69 Å². The van der Waals surface area contributed by atoms with Crippen molar-refractivity contribution >= 4 is 46.0 Å². The van der Waals surface area contributed by atoms with Gasteiger partial charge in [0.1, 0.15) is 0 Å². The van der Waals surface area contributed by atoms with Gasteiger partial charge in [0.05, 0.1) is 0 Å². The van der Waals surface area contributed by atoms with Crippen molar-refractivity contribution in [3.05, 3.63) is 36.0 Å². The van der Waals surface area contributed by atoms with Crippen LogP contribution in [0.2, 0.25) is 0 Å². The molecule has 0 saturated carbocycles. The molecule has 1 nitrogen and oxygen atoms in total. The predicted molar refractivity (Wildman–Crippen MR) is 59.1 cm³/mol. The molecule has 0 atom stereocenters. The summed E-state index contributed by atoms with van der Waals surface area (Å²) in [5, 5.41) is 1.24. The van der Waals surface area contributed by atoms with Crippen LogP contribution in [0, 0.1) is 6.92 Å². The molecular weight excluding hydrogens is 239 g/mol. The molecule has 2 rings (SSSR count). The summed E-state index contributed by atoms with van der Waals surface area (Å²) in [5.74, 6) is 0. The van der Waals surface area contributed by atoms with Gasteiger partial charge in [-0.15, -0.1) is 12.4 Å². The minimum absolute atomic E-state index is 0. The van der Waals surface area contributed by atoms with Crippen molar-refractivity contribution in [1.29, 1.82) is 0 Å². The van der Waals surface area contributed by atoms with Crippen molar-refractivity contribution in [1.82, 2.24) is 4.98 Å². The number of aryl methyl sites for hydroxylation is 1. The van der Waals surface area contributed by atoms with Gasteiger partial charge in [-0.1, -0.05) is 0 Å². The number of fused-ring (bicyclic) bond motifs is 1. The first-order chi connectivity index (χ1) is 5.77. The maximum atomic E-state index is 4.49. The third-order valence-electron chi connectivity index (χ3n) is 1.89.